The molecular formula is C22H26ClN3O2. The maximum atomic E-state index is 12.1. The number of aromatic amines is 1. The molecule has 6 heteroatoms. The fourth-order valence-corrected chi connectivity index (χ4v) is 3.39. The minimum Gasteiger partial charge on any atom is -0.486 e. The molecule has 1 N–H and O–H groups in total. The number of benzene rings is 2. The number of imidazole rings is 1. The number of carbonyl (C=O) groups is 1. The number of aryl methyl sites for hydroxylation is 2. The van der Waals surface area contributed by atoms with E-state index in [0.29, 0.717) is 11.6 Å². The normalized spacial score (nSPS) is 12.2. The van der Waals surface area contributed by atoms with E-state index in [-0.39, 0.29) is 11.8 Å². The Morgan fingerprint density at radius 1 is 1.21 bits per heavy atom. The Kier molecular flexibility index (Phi) is 6.25. The number of aromatic nitrogens is 2. The first-order chi connectivity index (χ1) is 13.3. The number of amides is 1. The van der Waals surface area contributed by atoms with Gasteiger partial charge in [0.1, 0.15) is 18.2 Å². The lowest BCUT2D eigenvalue weighted by atomic mass is 9.96. The van der Waals surface area contributed by atoms with E-state index >= 15 is 0 Å². The molecule has 0 saturated carbocycles. The fraction of sp³-hybridized carbons (Fsp3) is 0.364. The number of rotatable bonds is 7. The minimum absolute atomic E-state index is 0.00705. The van der Waals surface area contributed by atoms with Crippen molar-refractivity contribution in [1.29, 1.82) is 0 Å². The number of ether oxygens (including phenoxy) is 1. The highest BCUT2D eigenvalue weighted by Gasteiger charge is 2.16. The molecule has 148 valence electrons. The molecule has 2 aromatic carbocycles. The van der Waals surface area contributed by atoms with E-state index in [9.17, 15) is 4.79 Å². The van der Waals surface area contributed by atoms with Crippen LogP contribution in [0.4, 0.5) is 0 Å². The highest BCUT2D eigenvalue weighted by atomic mass is 35.5. The first kappa shape index (κ1) is 20.2. The molecule has 3 aromatic rings. The molecule has 1 aromatic heterocycles. The highest BCUT2D eigenvalue weighted by Crippen LogP contribution is 2.23. The Morgan fingerprint density at radius 3 is 2.61 bits per heavy atom. The summed E-state index contributed by atoms with van der Waals surface area (Å²) in [5.41, 5.74) is 4.32. The van der Waals surface area contributed by atoms with Crippen molar-refractivity contribution in [3.05, 3.63) is 58.4 Å². The summed E-state index contributed by atoms with van der Waals surface area (Å²) in [6, 6.07) is 11.4. The van der Waals surface area contributed by atoms with Crippen LogP contribution in [0.25, 0.3) is 11.0 Å². The fourth-order valence-electron chi connectivity index (χ4n) is 3.26. The largest absolute Gasteiger partial charge is 0.486 e. The van der Waals surface area contributed by atoms with Crippen LogP contribution < -0.4 is 4.74 Å². The number of hydrogen-bond donors (Lipinski definition) is 1. The van der Waals surface area contributed by atoms with Crippen LogP contribution in [0.5, 0.6) is 5.75 Å². The third-order valence-corrected chi connectivity index (χ3v) is 5.22. The summed E-state index contributed by atoms with van der Waals surface area (Å²) in [5, 5.41) is 0.681. The number of H-pyrrole nitrogens is 1. The Morgan fingerprint density at radius 2 is 1.93 bits per heavy atom. The molecule has 0 saturated heterocycles. The van der Waals surface area contributed by atoms with Crippen LogP contribution in [-0.2, 0) is 17.8 Å². The zero-order valence-electron chi connectivity index (χ0n) is 16.8. The summed E-state index contributed by atoms with van der Waals surface area (Å²) in [5.74, 6) is 1.70. The molecule has 0 aliphatic heterocycles. The van der Waals surface area contributed by atoms with Gasteiger partial charge in [0.15, 0.2) is 0 Å². The van der Waals surface area contributed by atoms with Crippen molar-refractivity contribution >= 4 is 28.5 Å². The molecule has 1 atom stereocenters. The van der Waals surface area contributed by atoms with Crippen molar-refractivity contribution in [3.63, 3.8) is 0 Å². The Hall–Kier alpha value is -2.53. The summed E-state index contributed by atoms with van der Waals surface area (Å²) in [7, 11) is 3.60. The quantitative estimate of drug-likeness (QED) is 0.623. The molecule has 1 heterocycles. The van der Waals surface area contributed by atoms with Crippen LogP contribution in [0.3, 0.4) is 0 Å². The zero-order valence-corrected chi connectivity index (χ0v) is 17.5. The molecule has 5 nitrogen and oxygen atoms in total. The van der Waals surface area contributed by atoms with Gasteiger partial charge in [-0.25, -0.2) is 4.98 Å². The predicted molar refractivity (Wildman–Crippen MR) is 113 cm³/mol. The van der Waals surface area contributed by atoms with Crippen molar-refractivity contribution < 1.29 is 9.53 Å². The maximum absolute atomic E-state index is 12.1. The SMILES string of the molecule is Cc1c(CCC(C)C(=O)N(C)C)ccc2[nH]c(COc3ccc(Cl)cc3)nc12. The molecule has 3 rings (SSSR count). The van der Waals surface area contributed by atoms with E-state index in [1.165, 1.54) is 5.56 Å². The Balaban J connectivity index is 1.69. The topological polar surface area (TPSA) is 58.2 Å². The summed E-state index contributed by atoms with van der Waals surface area (Å²) in [4.78, 5) is 21.7. The van der Waals surface area contributed by atoms with Crippen LogP contribution in [-0.4, -0.2) is 34.9 Å². The summed E-state index contributed by atoms with van der Waals surface area (Å²) in [6.45, 7) is 4.43. The van der Waals surface area contributed by atoms with E-state index in [1.807, 2.05) is 19.1 Å². The third kappa shape index (κ3) is 4.65. The van der Waals surface area contributed by atoms with Crippen molar-refractivity contribution in [1.82, 2.24) is 14.9 Å². The number of fused-ring (bicyclic) bond motifs is 1. The third-order valence-electron chi connectivity index (χ3n) is 4.97. The van der Waals surface area contributed by atoms with E-state index in [0.717, 1.165) is 41.0 Å². The van der Waals surface area contributed by atoms with Gasteiger partial charge in [0.05, 0.1) is 11.0 Å². The van der Waals surface area contributed by atoms with Crippen molar-refractivity contribution in [2.45, 2.75) is 33.3 Å². The van der Waals surface area contributed by atoms with E-state index < -0.39 is 0 Å². The van der Waals surface area contributed by atoms with Crippen molar-refractivity contribution in [2.24, 2.45) is 5.92 Å². The van der Waals surface area contributed by atoms with Gasteiger partial charge in [-0.2, -0.15) is 0 Å². The lowest BCUT2D eigenvalue weighted by molar-refractivity contribution is -0.132. The van der Waals surface area contributed by atoms with Crippen LogP contribution >= 0.6 is 11.6 Å². The minimum atomic E-state index is 0.00705. The van der Waals surface area contributed by atoms with Gasteiger partial charge < -0.3 is 14.6 Å². The van der Waals surface area contributed by atoms with Crippen molar-refractivity contribution in [3.8, 4) is 5.75 Å². The number of nitrogens with one attached hydrogen (secondary N) is 1. The van der Waals surface area contributed by atoms with Gasteiger partial charge in [-0.05, 0) is 61.2 Å². The first-order valence-electron chi connectivity index (χ1n) is 9.41. The van der Waals surface area contributed by atoms with Crippen molar-refractivity contribution in [2.75, 3.05) is 14.1 Å². The standard InChI is InChI=1S/C22H26ClN3O2/c1-14(22(27)26(3)4)5-6-16-7-12-19-21(15(16)2)25-20(24-19)13-28-18-10-8-17(23)9-11-18/h7-12,14H,5-6,13H2,1-4H3,(H,24,25). The van der Waals surface area contributed by atoms with Gasteiger partial charge in [-0.3, -0.25) is 4.79 Å². The number of halogens is 1. The van der Waals surface area contributed by atoms with E-state index in [1.54, 1.807) is 31.1 Å². The molecule has 0 spiro atoms. The Bertz CT molecular complexity index is 964. The molecule has 1 unspecified atom stereocenters. The second-order valence-corrected chi connectivity index (χ2v) is 7.78. The van der Waals surface area contributed by atoms with Crippen LogP contribution in [0, 0.1) is 12.8 Å². The molecule has 1 amide bonds. The van der Waals surface area contributed by atoms with Crippen LogP contribution in [0.15, 0.2) is 36.4 Å². The second kappa shape index (κ2) is 8.65. The van der Waals surface area contributed by atoms with Gasteiger partial charge in [-0.1, -0.05) is 24.6 Å². The average Bonchev–Trinajstić information content (AvgIpc) is 3.10. The monoisotopic (exact) mass is 399 g/mol. The van der Waals surface area contributed by atoms with E-state index in [2.05, 4.69) is 24.0 Å². The first-order valence-corrected chi connectivity index (χ1v) is 9.79. The zero-order chi connectivity index (χ0) is 20.3. The summed E-state index contributed by atoms with van der Waals surface area (Å²) < 4.78 is 5.78. The smallest absolute Gasteiger partial charge is 0.224 e. The number of carbonyl (C=O) groups excluding carboxylic acids is 1. The maximum Gasteiger partial charge on any atom is 0.224 e. The molecule has 0 fully saturated rings. The number of hydrogen-bond acceptors (Lipinski definition) is 3. The predicted octanol–water partition coefficient (Wildman–Crippen LogP) is 4.76. The summed E-state index contributed by atoms with van der Waals surface area (Å²) >= 11 is 5.90. The molecule has 28 heavy (non-hydrogen) atoms. The van der Waals surface area contributed by atoms with Gasteiger partial charge in [0, 0.05) is 25.0 Å². The molecular weight excluding hydrogens is 374 g/mol. The molecule has 0 bridgehead atoms. The highest BCUT2D eigenvalue weighted by molar-refractivity contribution is 6.30. The Labute approximate surface area is 170 Å². The van der Waals surface area contributed by atoms with Gasteiger partial charge in [-0.15, -0.1) is 0 Å². The molecule has 0 aliphatic rings. The van der Waals surface area contributed by atoms with E-state index in [4.69, 9.17) is 21.3 Å². The lowest BCUT2D eigenvalue weighted by Crippen LogP contribution is -2.28. The van der Waals surface area contributed by atoms with Gasteiger partial charge >= 0.3 is 0 Å². The van der Waals surface area contributed by atoms with Gasteiger partial charge in [0.25, 0.3) is 0 Å². The summed E-state index contributed by atoms with van der Waals surface area (Å²) in [6.07, 6.45) is 1.67. The molecule has 0 radical (unpaired) electrons. The average molecular weight is 400 g/mol. The van der Waals surface area contributed by atoms with Crippen LogP contribution in [0.2, 0.25) is 5.02 Å². The molecule has 0 aliphatic carbocycles. The number of nitrogens with zero attached hydrogens (tertiary/aromatic N) is 2. The second-order valence-electron chi connectivity index (χ2n) is 7.34. The van der Waals surface area contributed by atoms with Crippen LogP contribution in [0.1, 0.15) is 30.3 Å². The lowest BCUT2D eigenvalue weighted by Gasteiger charge is -2.17. The van der Waals surface area contributed by atoms with Gasteiger partial charge in [0.2, 0.25) is 5.91 Å².